The highest BCUT2D eigenvalue weighted by molar-refractivity contribution is 5.93. The van der Waals surface area contributed by atoms with Crippen LogP contribution in [0.2, 0.25) is 0 Å². The Kier molecular flexibility index (Phi) is 4.90. The fourth-order valence-corrected chi connectivity index (χ4v) is 3.22. The van der Waals surface area contributed by atoms with Crippen LogP contribution in [0.3, 0.4) is 0 Å². The molecule has 8 heteroatoms. The van der Waals surface area contributed by atoms with Crippen LogP contribution in [-0.4, -0.2) is 34.7 Å². The van der Waals surface area contributed by atoms with Crippen LogP contribution in [0.4, 0.5) is 5.69 Å². The minimum Gasteiger partial charge on any atom is -0.493 e. The summed E-state index contributed by atoms with van der Waals surface area (Å²) in [5, 5.41) is 4.28. The Labute approximate surface area is 166 Å². The van der Waals surface area contributed by atoms with Crippen molar-refractivity contribution in [2.75, 3.05) is 19.5 Å². The first-order valence-corrected chi connectivity index (χ1v) is 9.07. The molecule has 0 saturated carbocycles. The van der Waals surface area contributed by atoms with Crippen molar-refractivity contribution in [1.29, 1.82) is 0 Å². The third-order valence-electron chi connectivity index (χ3n) is 4.75. The molecule has 4 aromatic rings. The summed E-state index contributed by atoms with van der Waals surface area (Å²) in [6, 6.07) is 10.8. The standard InChI is InChI=1S/C21H20N4O4/c1-28-18-10-15-17(11-19(18)29-2)23-12-25(21(15)27)8-6-20(26)24-14-3-4-16-13(9-14)5-7-22-16/h3-5,7,9-12,22H,6,8H2,1-2H3,(H,24,26). The van der Waals surface area contributed by atoms with E-state index < -0.39 is 0 Å². The maximum absolute atomic E-state index is 12.8. The Morgan fingerprint density at radius 1 is 1.14 bits per heavy atom. The van der Waals surface area contributed by atoms with Gasteiger partial charge in [-0.1, -0.05) is 0 Å². The minimum absolute atomic E-state index is 0.144. The lowest BCUT2D eigenvalue weighted by Gasteiger charge is -2.11. The molecule has 2 aromatic carbocycles. The zero-order valence-electron chi connectivity index (χ0n) is 16.1. The number of amides is 1. The highest BCUT2D eigenvalue weighted by atomic mass is 16.5. The maximum Gasteiger partial charge on any atom is 0.261 e. The molecular weight excluding hydrogens is 372 g/mol. The van der Waals surface area contributed by atoms with E-state index in [-0.39, 0.29) is 24.4 Å². The number of hydrogen-bond acceptors (Lipinski definition) is 5. The van der Waals surface area contributed by atoms with Gasteiger partial charge >= 0.3 is 0 Å². The van der Waals surface area contributed by atoms with Gasteiger partial charge in [0.05, 0.1) is 31.4 Å². The molecule has 0 aliphatic rings. The average Bonchev–Trinajstić information content (AvgIpc) is 3.20. The monoisotopic (exact) mass is 392 g/mol. The van der Waals surface area contributed by atoms with Crippen molar-refractivity contribution in [2.24, 2.45) is 0 Å². The van der Waals surface area contributed by atoms with Gasteiger partial charge in [0, 0.05) is 41.8 Å². The van der Waals surface area contributed by atoms with Crippen LogP contribution in [0.1, 0.15) is 6.42 Å². The lowest BCUT2D eigenvalue weighted by atomic mass is 10.2. The summed E-state index contributed by atoms with van der Waals surface area (Å²) in [7, 11) is 3.03. The fourth-order valence-electron chi connectivity index (χ4n) is 3.22. The van der Waals surface area contributed by atoms with Gasteiger partial charge in [-0.3, -0.25) is 14.2 Å². The van der Waals surface area contributed by atoms with Crippen molar-refractivity contribution in [2.45, 2.75) is 13.0 Å². The molecule has 2 heterocycles. The summed E-state index contributed by atoms with van der Waals surface area (Å²) in [5.41, 5.74) is 1.98. The molecule has 2 aromatic heterocycles. The normalized spacial score (nSPS) is 11.0. The Morgan fingerprint density at radius 2 is 1.93 bits per heavy atom. The Bertz CT molecular complexity index is 1260. The number of carbonyl (C=O) groups excluding carboxylic acids is 1. The molecule has 0 radical (unpaired) electrons. The largest absolute Gasteiger partial charge is 0.493 e. The van der Waals surface area contributed by atoms with E-state index in [0.717, 1.165) is 10.9 Å². The van der Waals surface area contributed by atoms with Gasteiger partial charge < -0.3 is 19.8 Å². The van der Waals surface area contributed by atoms with E-state index in [1.807, 2.05) is 30.5 Å². The molecule has 148 valence electrons. The van der Waals surface area contributed by atoms with E-state index in [9.17, 15) is 9.59 Å². The summed E-state index contributed by atoms with van der Waals surface area (Å²) < 4.78 is 11.9. The summed E-state index contributed by atoms with van der Waals surface area (Å²) >= 11 is 0. The molecule has 0 bridgehead atoms. The van der Waals surface area contributed by atoms with Crippen LogP contribution < -0.4 is 20.3 Å². The molecule has 8 nitrogen and oxygen atoms in total. The lowest BCUT2D eigenvalue weighted by Crippen LogP contribution is -2.23. The number of aromatic nitrogens is 3. The molecule has 1 amide bonds. The van der Waals surface area contributed by atoms with Gasteiger partial charge in [0.25, 0.3) is 5.56 Å². The quantitative estimate of drug-likeness (QED) is 0.526. The Balaban J connectivity index is 1.50. The zero-order chi connectivity index (χ0) is 20.4. The van der Waals surface area contributed by atoms with Crippen molar-refractivity contribution < 1.29 is 14.3 Å². The third kappa shape index (κ3) is 3.64. The van der Waals surface area contributed by atoms with Crippen LogP contribution in [0.25, 0.3) is 21.8 Å². The van der Waals surface area contributed by atoms with Gasteiger partial charge in [0.15, 0.2) is 11.5 Å². The molecule has 29 heavy (non-hydrogen) atoms. The summed E-state index contributed by atoms with van der Waals surface area (Å²) in [6.45, 7) is 0.217. The predicted molar refractivity (Wildman–Crippen MR) is 111 cm³/mol. The number of ether oxygens (including phenoxy) is 2. The van der Waals surface area contributed by atoms with Crippen LogP contribution in [-0.2, 0) is 11.3 Å². The van der Waals surface area contributed by atoms with Crippen molar-refractivity contribution in [3.05, 3.63) is 59.3 Å². The maximum atomic E-state index is 12.8. The fraction of sp³-hybridized carbons (Fsp3) is 0.190. The highest BCUT2D eigenvalue weighted by Gasteiger charge is 2.12. The summed E-state index contributed by atoms with van der Waals surface area (Å²) in [4.78, 5) is 32.5. The minimum atomic E-state index is -0.238. The van der Waals surface area contributed by atoms with E-state index in [2.05, 4.69) is 15.3 Å². The topological polar surface area (TPSA) is 98.2 Å². The van der Waals surface area contributed by atoms with Gasteiger partial charge in [-0.2, -0.15) is 0 Å². The van der Waals surface area contributed by atoms with E-state index in [1.165, 1.54) is 25.1 Å². The number of carbonyl (C=O) groups is 1. The number of nitrogens with one attached hydrogen (secondary N) is 2. The molecule has 0 unspecified atom stereocenters. The number of rotatable bonds is 6. The lowest BCUT2D eigenvalue weighted by molar-refractivity contribution is -0.116. The first-order chi connectivity index (χ1) is 14.1. The molecule has 0 aliphatic carbocycles. The molecule has 0 saturated heterocycles. The summed E-state index contributed by atoms with van der Waals surface area (Å²) in [5.74, 6) is 0.775. The molecule has 0 spiro atoms. The number of H-pyrrole nitrogens is 1. The predicted octanol–water partition coefficient (Wildman–Crippen LogP) is 2.92. The van der Waals surface area contributed by atoms with Crippen molar-refractivity contribution in [3.8, 4) is 11.5 Å². The number of methoxy groups -OCH3 is 2. The molecular formula is C21H20N4O4. The number of fused-ring (bicyclic) bond motifs is 2. The number of aryl methyl sites for hydroxylation is 1. The van der Waals surface area contributed by atoms with Gasteiger partial charge in [-0.25, -0.2) is 4.98 Å². The summed E-state index contributed by atoms with van der Waals surface area (Å²) in [6.07, 6.45) is 3.43. The number of nitrogens with zero attached hydrogens (tertiary/aromatic N) is 2. The van der Waals surface area contributed by atoms with Crippen molar-refractivity contribution in [1.82, 2.24) is 14.5 Å². The number of hydrogen-bond donors (Lipinski definition) is 2. The van der Waals surface area contributed by atoms with E-state index in [4.69, 9.17) is 9.47 Å². The van der Waals surface area contributed by atoms with Gasteiger partial charge in [0.2, 0.25) is 5.91 Å². The molecule has 4 rings (SSSR count). The van der Waals surface area contributed by atoms with Crippen LogP contribution in [0, 0.1) is 0 Å². The number of benzene rings is 2. The van der Waals surface area contributed by atoms with Crippen LogP contribution in [0.5, 0.6) is 11.5 Å². The van der Waals surface area contributed by atoms with E-state index in [0.29, 0.717) is 28.1 Å². The second-order valence-corrected chi connectivity index (χ2v) is 6.55. The highest BCUT2D eigenvalue weighted by Crippen LogP contribution is 2.29. The Morgan fingerprint density at radius 3 is 2.72 bits per heavy atom. The zero-order valence-corrected chi connectivity index (χ0v) is 16.1. The molecule has 0 fully saturated rings. The SMILES string of the molecule is COc1cc2ncn(CCC(=O)Nc3ccc4[nH]ccc4c3)c(=O)c2cc1OC. The van der Waals surface area contributed by atoms with Gasteiger partial charge in [-0.05, 0) is 30.3 Å². The number of aromatic amines is 1. The second kappa shape index (κ2) is 7.67. The van der Waals surface area contributed by atoms with Crippen molar-refractivity contribution in [3.63, 3.8) is 0 Å². The van der Waals surface area contributed by atoms with E-state index in [1.54, 1.807) is 12.1 Å². The average molecular weight is 392 g/mol. The second-order valence-electron chi connectivity index (χ2n) is 6.55. The Hall–Kier alpha value is -3.81. The molecule has 2 N–H and O–H groups in total. The smallest absolute Gasteiger partial charge is 0.261 e. The molecule has 0 atom stereocenters. The van der Waals surface area contributed by atoms with Crippen LogP contribution >= 0.6 is 0 Å². The number of anilines is 1. The first kappa shape index (κ1) is 18.5. The third-order valence-corrected chi connectivity index (χ3v) is 4.75. The first-order valence-electron chi connectivity index (χ1n) is 9.07. The molecule has 0 aliphatic heterocycles. The van der Waals surface area contributed by atoms with Crippen molar-refractivity contribution >= 4 is 33.4 Å². The van der Waals surface area contributed by atoms with Gasteiger partial charge in [-0.15, -0.1) is 0 Å². The van der Waals surface area contributed by atoms with Gasteiger partial charge in [0.1, 0.15) is 0 Å². The van der Waals surface area contributed by atoms with Crippen LogP contribution in [0.15, 0.2) is 53.7 Å². The van der Waals surface area contributed by atoms with E-state index >= 15 is 0 Å².